The van der Waals surface area contributed by atoms with Gasteiger partial charge in [-0.2, -0.15) is 0 Å². The number of hydrogen-bond acceptors (Lipinski definition) is 1. The summed E-state index contributed by atoms with van der Waals surface area (Å²) in [6.07, 6.45) is 4.38. The van der Waals surface area contributed by atoms with Crippen LogP contribution in [0.15, 0.2) is 30.3 Å². The Labute approximate surface area is 103 Å². The van der Waals surface area contributed by atoms with Gasteiger partial charge < -0.3 is 10.6 Å². The van der Waals surface area contributed by atoms with E-state index in [1.165, 1.54) is 12.0 Å². The molecule has 1 aromatic rings. The van der Waals surface area contributed by atoms with Crippen LogP contribution in [-0.4, -0.2) is 12.1 Å². The maximum Gasteiger partial charge on any atom is 0.315 e. The molecule has 1 unspecified atom stereocenters. The van der Waals surface area contributed by atoms with Gasteiger partial charge >= 0.3 is 6.03 Å². The molecule has 0 radical (unpaired) electrons. The molecule has 2 rings (SSSR count). The number of carbonyl (C=O) groups excluding carboxylic acids is 1. The number of rotatable bonds is 4. The zero-order valence-electron chi connectivity index (χ0n) is 10.3. The zero-order chi connectivity index (χ0) is 12.1. The summed E-state index contributed by atoms with van der Waals surface area (Å²) < 4.78 is 0. The minimum Gasteiger partial charge on any atom is -0.335 e. The van der Waals surface area contributed by atoms with Gasteiger partial charge in [0.05, 0.1) is 6.04 Å². The Morgan fingerprint density at radius 2 is 2.06 bits per heavy atom. The van der Waals surface area contributed by atoms with Crippen LogP contribution in [0.3, 0.4) is 0 Å². The topological polar surface area (TPSA) is 41.1 Å². The molecule has 0 aliphatic heterocycles. The van der Waals surface area contributed by atoms with E-state index in [1.807, 2.05) is 18.2 Å². The predicted molar refractivity (Wildman–Crippen MR) is 68.8 cm³/mol. The van der Waals surface area contributed by atoms with E-state index >= 15 is 0 Å². The number of benzene rings is 1. The minimum absolute atomic E-state index is 0.0367. The first-order valence-corrected chi connectivity index (χ1v) is 6.41. The van der Waals surface area contributed by atoms with Crippen LogP contribution in [0.5, 0.6) is 0 Å². The second-order valence-electron chi connectivity index (χ2n) is 4.62. The molecule has 92 valence electrons. The lowest BCUT2D eigenvalue weighted by Gasteiger charge is -2.27. The third-order valence-electron chi connectivity index (χ3n) is 3.36. The molecule has 2 amide bonds. The molecule has 0 aromatic heterocycles. The van der Waals surface area contributed by atoms with Gasteiger partial charge in [0, 0.05) is 6.04 Å². The Kier molecular flexibility index (Phi) is 4.02. The third-order valence-corrected chi connectivity index (χ3v) is 3.36. The van der Waals surface area contributed by atoms with Crippen molar-refractivity contribution in [2.24, 2.45) is 0 Å². The van der Waals surface area contributed by atoms with Gasteiger partial charge in [0.15, 0.2) is 0 Å². The van der Waals surface area contributed by atoms with Gasteiger partial charge in [0.2, 0.25) is 0 Å². The van der Waals surface area contributed by atoms with Gasteiger partial charge in [-0.25, -0.2) is 4.79 Å². The fourth-order valence-corrected chi connectivity index (χ4v) is 2.04. The maximum atomic E-state index is 11.8. The third kappa shape index (κ3) is 3.22. The summed E-state index contributed by atoms with van der Waals surface area (Å²) in [5.74, 6) is 0. The van der Waals surface area contributed by atoms with Crippen molar-refractivity contribution >= 4 is 6.03 Å². The largest absolute Gasteiger partial charge is 0.335 e. The monoisotopic (exact) mass is 232 g/mol. The summed E-state index contributed by atoms with van der Waals surface area (Å²) in [4.78, 5) is 11.8. The van der Waals surface area contributed by atoms with E-state index in [0.717, 1.165) is 19.3 Å². The molecule has 0 saturated heterocycles. The van der Waals surface area contributed by atoms with Gasteiger partial charge in [-0.05, 0) is 31.2 Å². The van der Waals surface area contributed by atoms with Gasteiger partial charge in [0.25, 0.3) is 0 Å². The van der Waals surface area contributed by atoms with Crippen LogP contribution >= 0.6 is 0 Å². The van der Waals surface area contributed by atoms with Crippen molar-refractivity contribution in [2.75, 3.05) is 0 Å². The summed E-state index contributed by atoms with van der Waals surface area (Å²) in [6.45, 7) is 2.08. The maximum absolute atomic E-state index is 11.8. The van der Waals surface area contributed by atoms with Crippen LogP contribution < -0.4 is 10.6 Å². The Hall–Kier alpha value is -1.51. The number of amides is 2. The number of urea groups is 1. The first-order chi connectivity index (χ1) is 8.29. The highest BCUT2D eigenvalue weighted by Gasteiger charge is 2.20. The van der Waals surface area contributed by atoms with Crippen molar-refractivity contribution in [1.82, 2.24) is 10.6 Å². The molecule has 3 nitrogen and oxygen atoms in total. The molecule has 0 spiro atoms. The molecule has 1 aliphatic carbocycles. The molecule has 1 aromatic carbocycles. The quantitative estimate of drug-likeness (QED) is 0.823. The normalized spacial score (nSPS) is 17.0. The highest BCUT2D eigenvalue weighted by Crippen LogP contribution is 2.19. The van der Waals surface area contributed by atoms with E-state index in [0.29, 0.717) is 6.04 Å². The van der Waals surface area contributed by atoms with Crippen molar-refractivity contribution in [3.8, 4) is 0 Å². The van der Waals surface area contributed by atoms with Crippen molar-refractivity contribution in [1.29, 1.82) is 0 Å². The second-order valence-corrected chi connectivity index (χ2v) is 4.62. The molecular weight excluding hydrogens is 212 g/mol. The summed E-state index contributed by atoms with van der Waals surface area (Å²) in [5.41, 5.74) is 1.17. The van der Waals surface area contributed by atoms with Crippen LogP contribution in [0, 0.1) is 0 Å². The Balaban J connectivity index is 1.88. The first kappa shape index (κ1) is 12.0. The van der Waals surface area contributed by atoms with E-state index in [2.05, 4.69) is 29.7 Å². The van der Waals surface area contributed by atoms with Crippen LogP contribution in [-0.2, 0) is 0 Å². The summed E-state index contributed by atoms with van der Waals surface area (Å²) in [6, 6.07) is 10.6. The molecule has 2 N–H and O–H groups in total. The SMILES string of the molecule is CCC(NC(=O)NC1CCC1)c1ccccc1. The average molecular weight is 232 g/mol. The summed E-state index contributed by atoms with van der Waals surface area (Å²) in [7, 11) is 0. The first-order valence-electron chi connectivity index (χ1n) is 6.41. The fourth-order valence-electron chi connectivity index (χ4n) is 2.04. The Morgan fingerprint density at radius 1 is 1.35 bits per heavy atom. The van der Waals surface area contributed by atoms with Crippen LogP contribution in [0.1, 0.15) is 44.2 Å². The zero-order valence-corrected chi connectivity index (χ0v) is 10.3. The molecular formula is C14H20N2O. The highest BCUT2D eigenvalue weighted by molar-refractivity contribution is 5.74. The van der Waals surface area contributed by atoms with E-state index in [4.69, 9.17) is 0 Å². The number of nitrogens with one attached hydrogen (secondary N) is 2. The Bertz CT molecular complexity index is 360. The smallest absolute Gasteiger partial charge is 0.315 e. The molecule has 17 heavy (non-hydrogen) atoms. The molecule has 0 heterocycles. The van der Waals surface area contributed by atoms with Crippen molar-refractivity contribution in [2.45, 2.75) is 44.7 Å². The standard InChI is InChI=1S/C14H20N2O/c1-2-13(11-7-4-3-5-8-11)16-14(17)15-12-9-6-10-12/h3-5,7-8,12-13H,2,6,9-10H2,1H3,(H2,15,16,17). The van der Waals surface area contributed by atoms with Crippen molar-refractivity contribution in [3.63, 3.8) is 0 Å². The van der Waals surface area contributed by atoms with E-state index in [9.17, 15) is 4.79 Å². The fraction of sp³-hybridized carbons (Fsp3) is 0.500. The molecule has 0 bridgehead atoms. The van der Waals surface area contributed by atoms with Gasteiger partial charge in [0.1, 0.15) is 0 Å². The Morgan fingerprint density at radius 3 is 2.59 bits per heavy atom. The van der Waals surface area contributed by atoms with E-state index in [-0.39, 0.29) is 12.1 Å². The lowest BCUT2D eigenvalue weighted by molar-refractivity contribution is 0.224. The summed E-state index contributed by atoms with van der Waals surface area (Å²) >= 11 is 0. The second kappa shape index (κ2) is 5.71. The minimum atomic E-state index is -0.0367. The lowest BCUT2D eigenvalue weighted by Crippen LogP contribution is -2.46. The predicted octanol–water partition coefficient (Wildman–Crippen LogP) is 2.99. The molecule has 1 aliphatic rings. The average Bonchev–Trinajstić information content (AvgIpc) is 2.32. The van der Waals surface area contributed by atoms with Gasteiger partial charge in [-0.1, -0.05) is 37.3 Å². The summed E-state index contributed by atoms with van der Waals surface area (Å²) in [5, 5.41) is 6.03. The van der Waals surface area contributed by atoms with Crippen molar-refractivity contribution in [3.05, 3.63) is 35.9 Å². The lowest BCUT2D eigenvalue weighted by atomic mass is 9.93. The molecule has 3 heteroatoms. The highest BCUT2D eigenvalue weighted by atomic mass is 16.2. The molecule has 1 atom stereocenters. The number of carbonyl (C=O) groups is 1. The van der Waals surface area contributed by atoms with Crippen LogP contribution in [0.4, 0.5) is 4.79 Å². The van der Waals surface area contributed by atoms with E-state index in [1.54, 1.807) is 0 Å². The van der Waals surface area contributed by atoms with Crippen molar-refractivity contribution < 1.29 is 4.79 Å². The van der Waals surface area contributed by atoms with Gasteiger partial charge in [-0.3, -0.25) is 0 Å². The van der Waals surface area contributed by atoms with E-state index < -0.39 is 0 Å². The molecule has 1 saturated carbocycles. The number of hydrogen-bond donors (Lipinski definition) is 2. The van der Waals surface area contributed by atoms with Crippen LogP contribution in [0.25, 0.3) is 0 Å². The van der Waals surface area contributed by atoms with Gasteiger partial charge in [-0.15, -0.1) is 0 Å². The van der Waals surface area contributed by atoms with Crippen LogP contribution in [0.2, 0.25) is 0 Å². The molecule has 1 fully saturated rings.